The SMILES string of the molecule is C=C1OB(c2ccc(C3(c4ccc(B5OC(C)(C)C(C)(C)O5)cc4)c4ccccc4-c4cc5c(cc43)-c3ccccc3C5(CCCCCCCC)CCCCCCCC)cc2)OC1(C)C. The second kappa shape index (κ2) is 18.0. The highest BCUT2D eigenvalue weighted by atomic mass is 16.7. The average molecular weight is 867 g/mol. The third-order valence-electron chi connectivity index (χ3n) is 16.2. The molecule has 2 aliphatic carbocycles. The minimum atomic E-state index is -0.604. The zero-order valence-electron chi connectivity index (χ0n) is 40.8. The molecule has 2 saturated heterocycles. The van der Waals surface area contributed by atoms with E-state index in [0.717, 1.165) is 10.9 Å². The van der Waals surface area contributed by atoms with E-state index in [-0.39, 0.29) is 5.41 Å². The van der Waals surface area contributed by atoms with Crippen LogP contribution in [0.3, 0.4) is 0 Å². The van der Waals surface area contributed by atoms with Crippen molar-refractivity contribution >= 4 is 25.2 Å². The fourth-order valence-electron chi connectivity index (χ4n) is 11.6. The molecule has 0 amide bonds. The largest absolute Gasteiger partial charge is 0.563 e. The Balaban J connectivity index is 1.21. The maximum Gasteiger partial charge on any atom is 0.563 e. The van der Waals surface area contributed by atoms with E-state index in [1.54, 1.807) is 0 Å². The molecule has 5 aromatic rings. The monoisotopic (exact) mass is 867 g/mol. The smallest absolute Gasteiger partial charge is 0.534 e. The van der Waals surface area contributed by atoms with E-state index in [1.165, 1.54) is 146 Å². The molecular weight excluding hydrogens is 794 g/mol. The summed E-state index contributed by atoms with van der Waals surface area (Å²) in [5.74, 6) is 0.655. The van der Waals surface area contributed by atoms with Crippen molar-refractivity contribution in [3.63, 3.8) is 0 Å². The molecule has 0 N–H and O–H groups in total. The molecule has 1 atom stereocenters. The van der Waals surface area contributed by atoms with Gasteiger partial charge in [0.15, 0.2) is 0 Å². The van der Waals surface area contributed by atoms with Crippen molar-refractivity contribution in [1.29, 1.82) is 0 Å². The molecule has 1 unspecified atom stereocenters. The van der Waals surface area contributed by atoms with E-state index in [4.69, 9.17) is 18.6 Å². The summed E-state index contributed by atoms with van der Waals surface area (Å²) in [6.45, 7) is 21.3. The standard InChI is InChI=1S/C59H72B2O4/c1-10-12-14-16-18-24-38-58(39-25-19-17-15-13-11-2)51-28-22-20-26-47(51)49-41-54-50(40-53(49)58)48-27-21-23-29-52(48)59(54,43-30-34-45(35-31-43)60-62-42(3)55(4,5)63-60)44-32-36-46(37-33-44)61-64-56(6,7)57(8,9)65-61/h20-23,26-37,40-41H,3,10-19,24-25,38-39H2,1-2,4-9H3. The first-order valence-corrected chi connectivity index (χ1v) is 25.3. The van der Waals surface area contributed by atoms with Crippen molar-refractivity contribution < 1.29 is 18.6 Å². The zero-order chi connectivity index (χ0) is 45.6. The van der Waals surface area contributed by atoms with Gasteiger partial charge in [0.2, 0.25) is 0 Å². The number of hydrogen-bond acceptors (Lipinski definition) is 4. The highest BCUT2D eigenvalue weighted by Gasteiger charge is 2.53. The number of hydrogen-bond donors (Lipinski definition) is 0. The highest BCUT2D eigenvalue weighted by molar-refractivity contribution is 6.62. The van der Waals surface area contributed by atoms with Crippen LogP contribution in [-0.4, -0.2) is 31.0 Å². The molecule has 4 nitrogen and oxygen atoms in total. The van der Waals surface area contributed by atoms with Crippen LogP contribution in [0, 0.1) is 0 Å². The first-order chi connectivity index (χ1) is 31.3. The molecule has 4 aliphatic rings. The average Bonchev–Trinajstić information content (AvgIpc) is 3.93. The van der Waals surface area contributed by atoms with Gasteiger partial charge < -0.3 is 18.6 Å². The van der Waals surface area contributed by atoms with Crippen molar-refractivity contribution in [3.05, 3.63) is 155 Å². The van der Waals surface area contributed by atoms with Crippen LogP contribution in [0.25, 0.3) is 22.3 Å². The zero-order valence-corrected chi connectivity index (χ0v) is 40.8. The van der Waals surface area contributed by atoms with Gasteiger partial charge in [-0.3, -0.25) is 0 Å². The van der Waals surface area contributed by atoms with E-state index >= 15 is 0 Å². The molecule has 0 aromatic heterocycles. The molecule has 0 saturated carbocycles. The number of benzene rings is 5. The summed E-state index contributed by atoms with van der Waals surface area (Å²) in [6.07, 6.45) is 18.1. The minimum Gasteiger partial charge on any atom is -0.534 e. The summed E-state index contributed by atoms with van der Waals surface area (Å²) in [7, 11) is -0.944. The van der Waals surface area contributed by atoms with Gasteiger partial charge in [0.1, 0.15) is 5.60 Å². The predicted octanol–water partition coefficient (Wildman–Crippen LogP) is 14.2. The molecular formula is C59H72B2O4. The summed E-state index contributed by atoms with van der Waals surface area (Å²) < 4.78 is 25.8. The van der Waals surface area contributed by atoms with Gasteiger partial charge in [-0.2, -0.15) is 0 Å². The lowest BCUT2D eigenvalue weighted by molar-refractivity contribution is 0.00578. The molecule has 0 bridgehead atoms. The maximum atomic E-state index is 6.58. The maximum absolute atomic E-state index is 6.58. The quantitative estimate of drug-likeness (QED) is 0.0637. The Labute approximate surface area is 392 Å². The normalized spacial score (nSPS) is 20.4. The van der Waals surface area contributed by atoms with E-state index in [9.17, 15) is 0 Å². The van der Waals surface area contributed by atoms with Gasteiger partial charge in [-0.15, -0.1) is 0 Å². The summed E-state index contributed by atoms with van der Waals surface area (Å²) in [5, 5.41) is 0. The van der Waals surface area contributed by atoms with Crippen LogP contribution < -0.4 is 10.9 Å². The van der Waals surface area contributed by atoms with E-state index in [0.29, 0.717) is 5.76 Å². The third-order valence-corrected chi connectivity index (χ3v) is 16.2. The molecule has 65 heavy (non-hydrogen) atoms. The first kappa shape index (κ1) is 45.8. The van der Waals surface area contributed by atoms with E-state index in [1.807, 2.05) is 13.8 Å². The van der Waals surface area contributed by atoms with Crippen LogP contribution >= 0.6 is 0 Å². The Morgan fingerprint density at radius 3 is 1.42 bits per heavy atom. The minimum absolute atomic E-state index is 0.0120. The first-order valence-electron chi connectivity index (χ1n) is 25.3. The van der Waals surface area contributed by atoms with Crippen LogP contribution in [-0.2, 0) is 29.4 Å². The van der Waals surface area contributed by atoms with Crippen LogP contribution in [0.15, 0.2) is 122 Å². The molecule has 2 fully saturated rings. The van der Waals surface area contributed by atoms with Gasteiger partial charge in [0.05, 0.1) is 22.4 Å². The van der Waals surface area contributed by atoms with Crippen LogP contribution in [0.2, 0.25) is 0 Å². The lowest BCUT2D eigenvalue weighted by Gasteiger charge is -2.35. The molecule has 0 radical (unpaired) electrons. The van der Waals surface area contributed by atoms with Crippen molar-refractivity contribution in [1.82, 2.24) is 0 Å². The lowest BCUT2D eigenvalue weighted by Crippen LogP contribution is -2.41. The molecule has 2 aliphatic heterocycles. The van der Waals surface area contributed by atoms with Crippen molar-refractivity contribution in [2.24, 2.45) is 0 Å². The van der Waals surface area contributed by atoms with E-state index in [2.05, 4.69) is 157 Å². The third kappa shape index (κ3) is 7.98. The Kier molecular flexibility index (Phi) is 12.7. The second-order valence-corrected chi connectivity index (χ2v) is 21.2. The topological polar surface area (TPSA) is 36.9 Å². The summed E-state index contributed by atoms with van der Waals surface area (Å²) in [4.78, 5) is 0. The fourth-order valence-corrected chi connectivity index (χ4v) is 11.6. The molecule has 5 aromatic carbocycles. The predicted molar refractivity (Wildman–Crippen MR) is 272 cm³/mol. The second-order valence-electron chi connectivity index (χ2n) is 21.2. The Morgan fingerprint density at radius 1 is 0.446 bits per heavy atom. The number of unbranched alkanes of at least 4 members (excludes halogenated alkanes) is 10. The molecule has 9 rings (SSSR count). The van der Waals surface area contributed by atoms with Crippen LogP contribution in [0.4, 0.5) is 0 Å². The molecule has 0 spiro atoms. The van der Waals surface area contributed by atoms with Crippen molar-refractivity contribution in [2.45, 2.75) is 173 Å². The fraction of sp³-hybridized carbons (Fsp3) is 0.458. The molecule has 2 heterocycles. The van der Waals surface area contributed by atoms with Crippen LogP contribution in [0.1, 0.15) is 179 Å². The Bertz CT molecular complexity index is 2470. The van der Waals surface area contributed by atoms with Gasteiger partial charge in [-0.05, 0) is 133 Å². The number of fused-ring (bicyclic) bond motifs is 6. The highest BCUT2D eigenvalue weighted by Crippen LogP contribution is 2.61. The summed E-state index contributed by atoms with van der Waals surface area (Å²) in [5.41, 5.74) is 13.6. The summed E-state index contributed by atoms with van der Waals surface area (Å²) >= 11 is 0. The van der Waals surface area contributed by atoms with Crippen molar-refractivity contribution in [2.75, 3.05) is 0 Å². The van der Waals surface area contributed by atoms with Gasteiger partial charge in [-0.25, -0.2) is 0 Å². The summed E-state index contributed by atoms with van der Waals surface area (Å²) in [6, 6.07) is 42.1. The molecule has 6 heteroatoms. The number of rotatable bonds is 18. The van der Waals surface area contributed by atoms with Gasteiger partial charge >= 0.3 is 14.2 Å². The van der Waals surface area contributed by atoms with Gasteiger partial charge in [0, 0.05) is 5.41 Å². The van der Waals surface area contributed by atoms with Gasteiger partial charge in [0.25, 0.3) is 0 Å². The lowest BCUT2D eigenvalue weighted by atomic mass is 9.65. The van der Waals surface area contributed by atoms with Gasteiger partial charge in [-0.1, -0.05) is 195 Å². The van der Waals surface area contributed by atoms with Crippen LogP contribution in [0.5, 0.6) is 0 Å². The van der Waals surface area contributed by atoms with Crippen molar-refractivity contribution in [3.8, 4) is 22.3 Å². The Morgan fingerprint density at radius 2 is 0.892 bits per heavy atom. The Hall–Kier alpha value is -4.35. The molecule has 338 valence electrons. The van der Waals surface area contributed by atoms with E-state index < -0.39 is 36.5 Å².